The lowest BCUT2D eigenvalue weighted by atomic mass is 10.1. The number of unbranched alkanes of at least 4 members (excludes halogenated alkanes) is 1. The van der Waals surface area contributed by atoms with E-state index >= 15 is 0 Å². The maximum absolute atomic E-state index is 10.9. The summed E-state index contributed by atoms with van der Waals surface area (Å²) in [7, 11) is 1.56. The molecule has 0 rings (SSSR count). The van der Waals surface area contributed by atoms with Gasteiger partial charge in [-0.2, -0.15) is 0 Å². The van der Waals surface area contributed by atoms with Gasteiger partial charge in [-0.25, -0.2) is 0 Å². The van der Waals surface area contributed by atoms with Crippen LogP contribution < -0.4 is 11.1 Å². The van der Waals surface area contributed by atoms with Crippen molar-refractivity contribution in [3.05, 3.63) is 10.4 Å². The second-order valence-corrected chi connectivity index (χ2v) is 2.67. The van der Waals surface area contributed by atoms with Crippen LogP contribution in [0.25, 0.3) is 10.4 Å². The summed E-state index contributed by atoms with van der Waals surface area (Å²) in [4.78, 5) is 13.5. The van der Waals surface area contributed by atoms with E-state index < -0.39 is 6.04 Å². The van der Waals surface area contributed by atoms with Gasteiger partial charge in [-0.1, -0.05) is 11.5 Å². The first kappa shape index (κ1) is 11.7. The first-order valence-electron chi connectivity index (χ1n) is 4.20. The van der Waals surface area contributed by atoms with Gasteiger partial charge in [0.25, 0.3) is 0 Å². The second-order valence-electron chi connectivity index (χ2n) is 2.67. The van der Waals surface area contributed by atoms with Crippen LogP contribution in [0.15, 0.2) is 5.11 Å². The van der Waals surface area contributed by atoms with E-state index in [1.165, 1.54) is 0 Å². The molecule has 0 saturated carbocycles. The summed E-state index contributed by atoms with van der Waals surface area (Å²) < 4.78 is 0. The molecule has 0 aromatic carbocycles. The minimum atomic E-state index is -0.448. The fraction of sp³-hybridized carbons (Fsp3) is 0.857. The molecule has 0 radical (unpaired) electrons. The van der Waals surface area contributed by atoms with Crippen molar-refractivity contribution < 1.29 is 4.79 Å². The molecule has 3 N–H and O–H groups in total. The minimum Gasteiger partial charge on any atom is -0.358 e. The number of likely N-dealkylation sites (N-methyl/N-ethyl adjacent to an activating group) is 1. The Labute approximate surface area is 77.1 Å². The molecule has 0 aliphatic heterocycles. The number of nitrogens with one attached hydrogen (secondary N) is 1. The van der Waals surface area contributed by atoms with E-state index in [0.29, 0.717) is 13.0 Å². The van der Waals surface area contributed by atoms with E-state index in [4.69, 9.17) is 11.3 Å². The molecule has 1 atom stereocenters. The third kappa shape index (κ3) is 5.95. The van der Waals surface area contributed by atoms with Gasteiger partial charge in [0.15, 0.2) is 0 Å². The number of carbonyl (C=O) groups is 1. The van der Waals surface area contributed by atoms with Gasteiger partial charge in [0.05, 0.1) is 6.04 Å². The first-order chi connectivity index (χ1) is 6.22. The number of amides is 1. The summed E-state index contributed by atoms with van der Waals surface area (Å²) in [5, 5.41) is 5.84. The van der Waals surface area contributed by atoms with E-state index in [-0.39, 0.29) is 5.91 Å². The van der Waals surface area contributed by atoms with Crippen LogP contribution in [-0.4, -0.2) is 25.5 Å². The summed E-state index contributed by atoms with van der Waals surface area (Å²) in [5.74, 6) is -0.149. The van der Waals surface area contributed by atoms with Crippen LogP contribution in [-0.2, 0) is 4.79 Å². The van der Waals surface area contributed by atoms with Crippen molar-refractivity contribution in [1.29, 1.82) is 0 Å². The Bertz CT molecular complexity index is 199. The molecule has 0 fully saturated rings. The highest BCUT2D eigenvalue weighted by molar-refractivity contribution is 5.81. The van der Waals surface area contributed by atoms with Crippen molar-refractivity contribution in [3.63, 3.8) is 0 Å². The Morgan fingerprint density at radius 3 is 2.92 bits per heavy atom. The lowest BCUT2D eigenvalue weighted by Gasteiger charge is -2.08. The summed E-state index contributed by atoms with van der Waals surface area (Å²) in [6.07, 6.45) is 2.20. The molecule has 13 heavy (non-hydrogen) atoms. The largest absolute Gasteiger partial charge is 0.358 e. The van der Waals surface area contributed by atoms with Crippen LogP contribution in [0, 0.1) is 0 Å². The van der Waals surface area contributed by atoms with Crippen LogP contribution in [0.1, 0.15) is 19.3 Å². The topological polar surface area (TPSA) is 104 Å². The number of azide groups is 1. The zero-order chi connectivity index (χ0) is 10.1. The highest BCUT2D eigenvalue weighted by atomic mass is 16.2. The minimum absolute atomic E-state index is 0.149. The van der Waals surface area contributed by atoms with E-state index in [2.05, 4.69) is 15.3 Å². The average molecular weight is 185 g/mol. The summed E-state index contributed by atoms with van der Waals surface area (Å²) in [6.45, 7) is 0.469. The highest BCUT2D eigenvalue weighted by Gasteiger charge is 2.09. The number of hydrogen-bond acceptors (Lipinski definition) is 3. The number of rotatable bonds is 6. The molecular weight excluding hydrogens is 170 g/mol. The molecule has 6 heteroatoms. The third-order valence-electron chi connectivity index (χ3n) is 1.67. The Morgan fingerprint density at radius 2 is 2.38 bits per heavy atom. The summed E-state index contributed by atoms with van der Waals surface area (Å²) in [6, 6.07) is -0.448. The standard InChI is InChI=1S/C7H15N5O/c1-10-7(13)6(8)4-2-3-5-11-12-9/h6H,2-5,8H2,1H3,(H,10,13)/t6-/m0/s1. The Hall–Kier alpha value is -1.26. The lowest BCUT2D eigenvalue weighted by molar-refractivity contribution is -0.122. The van der Waals surface area contributed by atoms with Gasteiger partial charge in [0.1, 0.15) is 0 Å². The van der Waals surface area contributed by atoms with Crippen molar-refractivity contribution in [2.24, 2.45) is 10.8 Å². The molecule has 0 saturated heterocycles. The van der Waals surface area contributed by atoms with Crippen LogP contribution >= 0.6 is 0 Å². The quantitative estimate of drug-likeness (QED) is 0.273. The van der Waals surface area contributed by atoms with E-state index in [0.717, 1.165) is 12.8 Å². The summed E-state index contributed by atoms with van der Waals surface area (Å²) >= 11 is 0. The molecule has 0 bridgehead atoms. The third-order valence-corrected chi connectivity index (χ3v) is 1.67. The van der Waals surface area contributed by atoms with Crippen LogP contribution in [0.2, 0.25) is 0 Å². The zero-order valence-corrected chi connectivity index (χ0v) is 7.73. The average Bonchev–Trinajstić information content (AvgIpc) is 2.16. The Balaban J connectivity index is 3.41. The maximum Gasteiger partial charge on any atom is 0.236 e. The van der Waals surface area contributed by atoms with Gasteiger partial charge in [-0.05, 0) is 18.4 Å². The SMILES string of the molecule is CNC(=O)[C@@H](N)CCCCN=[N+]=[N-]. The van der Waals surface area contributed by atoms with E-state index in [1.807, 2.05) is 0 Å². The van der Waals surface area contributed by atoms with Crippen molar-refractivity contribution in [2.75, 3.05) is 13.6 Å². The maximum atomic E-state index is 10.9. The van der Waals surface area contributed by atoms with E-state index in [9.17, 15) is 4.79 Å². The van der Waals surface area contributed by atoms with Gasteiger partial charge >= 0.3 is 0 Å². The molecule has 0 aliphatic rings. The fourth-order valence-corrected chi connectivity index (χ4v) is 0.908. The van der Waals surface area contributed by atoms with Crippen molar-refractivity contribution >= 4 is 5.91 Å². The molecule has 0 heterocycles. The number of nitrogens with zero attached hydrogens (tertiary/aromatic N) is 3. The molecule has 74 valence electrons. The van der Waals surface area contributed by atoms with Crippen LogP contribution in [0.5, 0.6) is 0 Å². The molecular formula is C7H15N5O. The van der Waals surface area contributed by atoms with Gasteiger partial charge in [0, 0.05) is 18.5 Å². The Kier molecular flexibility index (Phi) is 6.68. The zero-order valence-electron chi connectivity index (χ0n) is 7.73. The molecule has 0 spiro atoms. The van der Waals surface area contributed by atoms with Gasteiger partial charge in [-0.15, -0.1) is 0 Å². The molecule has 0 aromatic heterocycles. The van der Waals surface area contributed by atoms with Crippen molar-refractivity contribution in [3.8, 4) is 0 Å². The van der Waals surface area contributed by atoms with Gasteiger partial charge in [-0.3, -0.25) is 4.79 Å². The van der Waals surface area contributed by atoms with Gasteiger partial charge in [0.2, 0.25) is 5.91 Å². The predicted octanol–water partition coefficient (Wildman–Crippen LogP) is 0.540. The number of nitrogens with two attached hydrogens (primary N) is 1. The second kappa shape index (κ2) is 7.39. The first-order valence-corrected chi connectivity index (χ1v) is 4.20. The fourth-order valence-electron chi connectivity index (χ4n) is 0.908. The normalized spacial score (nSPS) is 11.5. The monoisotopic (exact) mass is 185 g/mol. The lowest BCUT2D eigenvalue weighted by Crippen LogP contribution is -2.38. The van der Waals surface area contributed by atoms with Gasteiger partial charge < -0.3 is 11.1 Å². The Morgan fingerprint density at radius 1 is 1.69 bits per heavy atom. The summed E-state index contributed by atoms with van der Waals surface area (Å²) in [5.41, 5.74) is 13.5. The highest BCUT2D eigenvalue weighted by Crippen LogP contribution is 1.99. The predicted molar refractivity (Wildman–Crippen MR) is 49.9 cm³/mol. The van der Waals surface area contributed by atoms with Crippen molar-refractivity contribution in [1.82, 2.24) is 5.32 Å². The molecule has 0 unspecified atom stereocenters. The molecule has 0 aliphatic carbocycles. The molecule has 6 nitrogen and oxygen atoms in total. The van der Waals surface area contributed by atoms with Crippen LogP contribution in [0.3, 0.4) is 0 Å². The molecule has 1 amide bonds. The number of carbonyl (C=O) groups excluding carboxylic acids is 1. The van der Waals surface area contributed by atoms with Crippen LogP contribution in [0.4, 0.5) is 0 Å². The van der Waals surface area contributed by atoms with E-state index in [1.54, 1.807) is 7.05 Å². The molecule has 0 aromatic rings. The smallest absolute Gasteiger partial charge is 0.236 e. The number of hydrogen-bond donors (Lipinski definition) is 2. The van der Waals surface area contributed by atoms with Crippen molar-refractivity contribution in [2.45, 2.75) is 25.3 Å².